The first-order valence-corrected chi connectivity index (χ1v) is 7.64. The van der Waals surface area contributed by atoms with Crippen molar-refractivity contribution in [3.63, 3.8) is 0 Å². The number of benzene rings is 1. The summed E-state index contributed by atoms with van der Waals surface area (Å²) in [7, 11) is -1.99. The van der Waals surface area contributed by atoms with Gasteiger partial charge in [0.15, 0.2) is 0 Å². The van der Waals surface area contributed by atoms with E-state index in [9.17, 15) is 13.2 Å². The molecular weight excluding hydrogens is 280 g/mol. The maximum atomic E-state index is 12.0. The standard InChI is InChI=1S/C12H16N4O3S/c1-14-20(18,19)5-4-15-12(17)10-7-16-11-3-2-8(13)6-9(10)11/h2-3,6-7,14,16H,4-5,13H2,1H3,(H,15,17). The van der Waals surface area contributed by atoms with Crippen molar-refractivity contribution in [2.24, 2.45) is 0 Å². The molecular formula is C12H16N4O3S. The minimum atomic E-state index is -3.33. The minimum absolute atomic E-state index is 0.0387. The Morgan fingerprint density at radius 3 is 2.85 bits per heavy atom. The van der Waals surface area contributed by atoms with Gasteiger partial charge in [0.2, 0.25) is 10.0 Å². The third-order valence-corrected chi connectivity index (χ3v) is 4.28. The molecule has 1 aromatic heterocycles. The Morgan fingerprint density at radius 1 is 1.40 bits per heavy atom. The van der Waals surface area contributed by atoms with Gasteiger partial charge in [-0.3, -0.25) is 4.79 Å². The number of aromatic nitrogens is 1. The van der Waals surface area contributed by atoms with E-state index in [1.807, 2.05) is 0 Å². The number of aromatic amines is 1. The normalized spacial score (nSPS) is 11.7. The summed E-state index contributed by atoms with van der Waals surface area (Å²) in [6.45, 7) is 0.0387. The molecule has 1 amide bonds. The number of amides is 1. The minimum Gasteiger partial charge on any atom is -0.399 e. The van der Waals surface area contributed by atoms with E-state index in [4.69, 9.17) is 5.73 Å². The van der Waals surface area contributed by atoms with Crippen molar-refractivity contribution in [2.75, 3.05) is 25.1 Å². The molecule has 1 heterocycles. The number of carbonyl (C=O) groups excluding carboxylic acids is 1. The van der Waals surface area contributed by atoms with Gasteiger partial charge in [-0.25, -0.2) is 13.1 Å². The zero-order valence-electron chi connectivity index (χ0n) is 10.9. The van der Waals surface area contributed by atoms with E-state index >= 15 is 0 Å². The molecule has 0 saturated carbocycles. The summed E-state index contributed by atoms with van der Waals surface area (Å²) in [6, 6.07) is 5.22. The van der Waals surface area contributed by atoms with Gasteiger partial charge < -0.3 is 16.0 Å². The predicted octanol–water partition coefficient (Wildman–Crippen LogP) is 0.0291. The van der Waals surface area contributed by atoms with Gasteiger partial charge in [0.25, 0.3) is 5.91 Å². The molecule has 1 aromatic carbocycles. The van der Waals surface area contributed by atoms with E-state index in [2.05, 4.69) is 15.0 Å². The molecule has 2 aromatic rings. The monoisotopic (exact) mass is 296 g/mol. The van der Waals surface area contributed by atoms with Crippen molar-refractivity contribution < 1.29 is 13.2 Å². The zero-order chi connectivity index (χ0) is 14.8. The molecule has 0 aliphatic carbocycles. The highest BCUT2D eigenvalue weighted by Crippen LogP contribution is 2.20. The zero-order valence-corrected chi connectivity index (χ0v) is 11.8. The Morgan fingerprint density at radius 2 is 2.15 bits per heavy atom. The predicted molar refractivity (Wildman–Crippen MR) is 77.9 cm³/mol. The van der Waals surface area contributed by atoms with E-state index < -0.39 is 10.0 Å². The van der Waals surface area contributed by atoms with Crippen LogP contribution in [0.3, 0.4) is 0 Å². The lowest BCUT2D eigenvalue weighted by Crippen LogP contribution is -2.32. The van der Waals surface area contributed by atoms with Crippen LogP contribution < -0.4 is 15.8 Å². The van der Waals surface area contributed by atoms with Crippen molar-refractivity contribution >= 4 is 32.5 Å². The molecule has 0 bridgehead atoms. The number of hydrogen-bond donors (Lipinski definition) is 4. The second-order valence-electron chi connectivity index (χ2n) is 4.29. The summed E-state index contributed by atoms with van der Waals surface area (Å²) in [5.41, 5.74) is 7.49. The Balaban J connectivity index is 2.10. The van der Waals surface area contributed by atoms with Crippen LogP contribution in [0.5, 0.6) is 0 Å². The molecule has 0 saturated heterocycles. The Kier molecular flexibility index (Phi) is 3.96. The largest absolute Gasteiger partial charge is 0.399 e. The molecule has 0 unspecified atom stereocenters. The SMILES string of the molecule is CNS(=O)(=O)CCNC(=O)c1c[nH]c2ccc(N)cc12. The number of hydrogen-bond acceptors (Lipinski definition) is 4. The van der Waals surface area contributed by atoms with Crippen molar-refractivity contribution in [3.05, 3.63) is 30.0 Å². The molecule has 8 heteroatoms. The molecule has 0 radical (unpaired) electrons. The summed E-state index contributed by atoms with van der Waals surface area (Å²) >= 11 is 0. The van der Waals surface area contributed by atoms with E-state index in [1.165, 1.54) is 7.05 Å². The molecule has 2 rings (SSSR count). The molecule has 7 nitrogen and oxygen atoms in total. The highest BCUT2D eigenvalue weighted by atomic mass is 32.2. The van der Waals surface area contributed by atoms with E-state index in [0.29, 0.717) is 16.6 Å². The molecule has 0 aliphatic rings. The van der Waals surface area contributed by atoms with Crippen LogP contribution in [0.1, 0.15) is 10.4 Å². The average molecular weight is 296 g/mol. The van der Waals surface area contributed by atoms with Gasteiger partial charge in [0.05, 0.1) is 11.3 Å². The summed E-state index contributed by atoms with van der Waals surface area (Å²) in [5, 5.41) is 3.28. The number of nitrogen functional groups attached to an aromatic ring is 1. The van der Waals surface area contributed by atoms with Crippen LogP contribution in [-0.4, -0.2) is 38.7 Å². The topological polar surface area (TPSA) is 117 Å². The Labute approximate surface area is 116 Å². The summed E-state index contributed by atoms with van der Waals surface area (Å²) in [4.78, 5) is 15.0. The third kappa shape index (κ3) is 3.09. The van der Waals surface area contributed by atoms with Gasteiger partial charge in [0.1, 0.15) is 0 Å². The van der Waals surface area contributed by atoms with Crippen LogP contribution in [0.4, 0.5) is 5.69 Å². The molecule has 0 fully saturated rings. The number of nitrogens with one attached hydrogen (secondary N) is 3. The number of H-pyrrole nitrogens is 1. The fraction of sp³-hybridized carbons (Fsp3) is 0.250. The van der Waals surface area contributed by atoms with Gasteiger partial charge in [-0.2, -0.15) is 0 Å². The third-order valence-electron chi connectivity index (χ3n) is 2.92. The molecule has 0 aliphatic heterocycles. The average Bonchev–Trinajstić information content (AvgIpc) is 2.81. The van der Waals surface area contributed by atoms with Crippen LogP contribution >= 0.6 is 0 Å². The van der Waals surface area contributed by atoms with Gasteiger partial charge >= 0.3 is 0 Å². The number of nitrogens with two attached hydrogens (primary N) is 1. The fourth-order valence-corrected chi connectivity index (χ4v) is 2.40. The highest BCUT2D eigenvalue weighted by molar-refractivity contribution is 7.89. The molecule has 20 heavy (non-hydrogen) atoms. The number of fused-ring (bicyclic) bond motifs is 1. The first-order chi connectivity index (χ1) is 9.43. The lowest BCUT2D eigenvalue weighted by molar-refractivity contribution is 0.0958. The van der Waals surface area contributed by atoms with E-state index in [-0.39, 0.29) is 18.2 Å². The van der Waals surface area contributed by atoms with Gasteiger partial charge in [-0.1, -0.05) is 0 Å². The van der Waals surface area contributed by atoms with Crippen molar-refractivity contribution in [2.45, 2.75) is 0 Å². The maximum absolute atomic E-state index is 12.0. The van der Waals surface area contributed by atoms with Gasteiger partial charge in [-0.15, -0.1) is 0 Å². The summed E-state index contributed by atoms with van der Waals surface area (Å²) < 4.78 is 24.7. The second-order valence-corrected chi connectivity index (χ2v) is 6.33. The summed E-state index contributed by atoms with van der Waals surface area (Å²) in [5.74, 6) is -0.507. The van der Waals surface area contributed by atoms with Crippen molar-refractivity contribution in [3.8, 4) is 0 Å². The van der Waals surface area contributed by atoms with Crippen LogP contribution in [0, 0.1) is 0 Å². The lowest BCUT2D eigenvalue weighted by Gasteiger charge is -2.05. The van der Waals surface area contributed by atoms with Crippen LogP contribution in [0.15, 0.2) is 24.4 Å². The molecule has 5 N–H and O–H groups in total. The number of carbonyl (C=O) groups is 1. The molecule has 0 spiro atoms. The van der Waals surface area contributed by atoms with Crippen molar-refractivity contribution in [1.82, 2.24) is 15.0 Å². The van der Waals surface area contributed by atoms with Crippen LogP contribution in [0.25, 0.3) is 10.9 Å². The Hall–Kier alpha value is -2.06. The Bertz CT molecular complexity index is 736. The summed E-state index contributed by atoms with van der Waals surface area (Å²) in [6.07, 6.45) is 1.58. The van der Waals surface area contributed by atoms with E-state index in [0.717, 1.165) is 5.52 Å². The smallest absolute Gasteiger partial charge is 0.253 e. The number of sulfonamides is 1. The second kappa shape index (κ2) is 5.51. The van der Waals surface area contributed by atoms with Gasteiger partial charge in [-0.05, 0) is 25.2 Å². The van der Waals surface area contributed by atoms with Crippen LogP contribution in [-0.2, 0) is 10.0 Å². The number of anilines is 1. The van der Waals surface area contributed by atoms with Crippen molar-refractivity contribution in [1.29, 1.82) is 0 Å². The van der Waals surface area contributed by atoms with Crippen LogP contribution in [0.2, 0.25) is 0 Å². The number of rotatable bonds is 5. The van der Waals surface area contributed by atoms with Gasteiger partial charge in [0, 0.05) is 29.3 Å². The first-order valence-electron chi connectivity index (χ1n) is 5.99. The molecule has 0 atom stereocenters. The lowest BCUT2D eigenvalue weighted by atomic mass is 10.1. The first kappa shape index (κ1) is 14.4. The highest BCUT2D eigenvalue weighted by Gasteiger charge is 2.13. The maximum Gasteiger partial charge on any atom is 0.253 e. The quantitative estimate of drug-likeness (QED) is 0.582. The van der Waals surface area contributed by atoms with E-state index in [1.54, 1.807) is 24.4 Å². The molecule has 108 valence electrons. The fourth-order valence-electron chi connectivity index (χ4n) is 1.82.